The van der Waals surface area contributed by atoms with Crippen LogP contribution in [0, 0.1) is 11.8 Å². The molecule has 2 fully saturated rings. The average molecular weight is 301 g/mol. The lowest BCUT2D eigenvalue weighted by atomic mass is 9.79. The van der Waals surface area contributed by atoms with E-state index in [1.807, 2.05) is 30.3 Å². The third-order valence-corrected chi connectivity index (χ3v) is 4.83. The van der Waals surface area contributed by atoms with Crippen molar-refractivity contribution in [3.8, 4) is 11.5 Å². The first-order chi connectivity index (χ1) is 10.7. The molecule has 0 amide bonds. The molecule has 2 heterocycles. The molecular weight excluding hydrogens is 282 g/mol. The summed E-state index contributed by atoms with van der Waals surface area (Å²) in [5.41, 5.74) is 0.906. The number of fused-ring (bicyclic) bond motifs is 1. The molecule has 22 heavy (non-hydrogen) atoms. The Hall–Kier alpha value is -1.92. The van der Waals surface area contributed by atoms with Crippen LogP contribution >= 0.6 is 0 Å². The van der Waals surface area contributed by atoms with Gasteiger partial charge in [0.25, 0.3) is 11.8 Å². The number of hydrogen-bond acceptors (Lipinski definition) is 6. The first-order valence-corrected chi connectivity index (χ1v) is 7.71. The van der Waals surface area contributed by atoms with Crippen molar-refractivity contribution in [2.24, 2.45) is 11.8 Å². The van der Waals surface area contributed by atoms with E-state index in [1.54, 1.807) is 0 Å². The molecule has 6 heteroatoms. The predicted molar refractivity (Wildman–Crippen MR) is 80.2 cm³/mol. The number of rotatable bonds is 2. The fraction of sp³-hybridized carbons (Fsp3) is 0.500. The minimum absolute atomic E-state index is 0.386. The largest absolute Gasteiger partial charge is 0.390 e. The van der Waals surface area contributed by atoms with E-state index in [2.05, 4.69) is 15.0 Å². The normalized spacial score (nSPS) is 31.3. The first-order valence-electron chi connectivity index (χ1n) is 7.71. The van der Waals surface area contributed by atoms with Crippen molar-refractivity contribution < 1.29 is 14.7 Å². The Morgan fingerprint density at radius 2 is 1.64 bits per heavy atom. The van der Waals surface area contributed by atoms with Crippen LogP contribution in [-0.2, 0) is 0 Å². The van der Waals surface area contributed by atoms with Crippen molar-refractivity contribution in [3.05, 3.63) is 30.3 Å². The number of aliphatic hydroxyl groups excluding tert-OH is 2. The van der Waals surface area contributed by atoms with Gasteiger partial charge < -0.3 is 19.6 Å². The molecule has 1 aromatic carbocycles. The van der Waals surface area contributed by atoms with Gasteiger partial charge in [0.2, 0.25) is 0 Å². The van der Waals surface area contributed by atoms with Gasteiger partial charge in [-0.1, -0.05) is 18.2 Å². The SMILES string of the molecule is O[C@@H]1C[C@@H]2CN(c3noc(-c4ccccc4)n3)C[C@@H]2C[C@H]1O. The fourth-order valence-corrected chi connectivity index (χ4v) is 3.61. The maximum absolute atomic E-state index is 9.82. The molecule has 1 aliphatic carbocycles. The van der Waals surface area contributed by atoms with Crippen LogP contribution in [0.1, 0.15) is 12.8 Å². The van der Waals surface area contributed by atoms with Crippen LogP contribution in [0.3, 0.4) is 0 Å². The molecule has 1 aliphatic heterocycles. The smallest absolute Gasteiger partial charge is 0.266 e. The molecule has 1 saturated heterocycles. The molecule has 6 nitrogen and oxygen atoms in total. The number of nitrogens with zero attached hydrogens (tertiary/aromatic N) is 3. The number of aliphatic hydroxyl groups is 2. The van der Waals surface area contributed by atoms with Crippen LogP contribution in [0.25, 0.3) is 11.5 Å². The van der Waals surface area contributed by atoms with Gasteiger partial charge in [-0.25, -0.2) is 0 Å². The van der Waals surface area contributed by atoms with E-state index in [4.69, 9.17) is 4.52 Å². The third kappa shape index (κ3) is 2.38. The maximum atomic E-state index is 9.82. The van der Waals surface area contributed by atoms with Crippen molar-refractivity contribution in [1.29, 1.82) is 0 Å². The number of hydrogen-bond donors (Lipinski definition) is 2. The summed E-state index contributed by atoms with van der Waals surface area (Å²) >= 11 is 0. The molecule has 0 spiro atoms. The van der Waals surface area contributed by atoms with E-state index in [0.29, 0.717) is 36.5 Å². The molecule has 4 atom stereocenters. The molecule has 0 unspecified atom stereocenters. The molecule has 0 bridgehead atoms. The summed E-state index contributed by atoms with van der Waals surface area (Å²) < 4.78 is 5.36. The highest BCUT2D eigenvalue weighted by molar-refractivity contribution is 5.54. The van der Waals surface area contributed by atoms with Crippen LogP contribution in [0.4, 0.5) is 5.95 Å². The van der Waals surface area contributed by atoms with Crippen LogP contribution in [0.15, 0.2) is 34.9 Å². The van der Waals surface area contributed by atoms with Crippen molar-refractivity contribution in [2.75, 3.05) is 18.0 Å². The average Bonchev–Trinajstić information content (AvgIpc) is 3.15. The Morgan fingerprint density at radius 3 is 2.27 bits per heavy atom. The number of aromatic nitrogens is 2. The molecular formula is C16H19N3O3. The van der Waals surface area contributed by atoms with Gasteiger partial charge >= 0.3 is 0 Å². The summed E-state index contributed by atoms with van der Waals surface area (Å²) in [6.07, 6.45) is 0.0787. The molecule has 1 aromatic heterocycles. The zero-order chi connectivity index (χ0) is 15.1. The van der Waals surface area contributed by atoms with E-state index in [0.717, 1.165) is 18.7 Å². The van der Waals surface area contributed by atoms with Crippen molar-refractivity contribution in [3.63, 3.8) is 0 Å². The predicted octanol–water partition coefficient (Wildman–Crippen LogP) is 1.30. The summed E-state index contributed by atoms with van der Waals surface area (Å²) in [6.45, 7) is 1.62. The van der Waals surface area contributed by atoms with Gasteiger partial charge in [0.1, 0.15) is 0 Å². The summed E-state index contributed by atoms with van der Waals surface area (Å²) in [4.78, 5) is 6.57. The van der Waals surface area contributed by atoms with E-state index < -0.39 is 12.2 Å². The fourth-order valence-electron chi connectivity index (χ4n) is 3.61. The third-order valence-electron chi connectivity index (χ3n) is 4.83. The molecule has 0 radical (unpaired) electrons. The Balaban J connectivity index is 1.51. The topological polar surface area (TPSA) is 82.6 Å². The lowest BCUT2D eigenvalue weighted by Crippen LogP contribution is -2.38. The van der Waals surface area contributed by atoms with Crippen LogP contribution in [0.2, 0.25) is 0 Å². The van der Waals surface area contributed by atoms with E-state index in [-0.39, 0.29) is 0 Å². The minimum Gasteiger partial charge on any atom is -0.390 e. The lowest BCUT2D eigenvalue weighted by molar-refractivity contribution is -0.0372. The summed E-state index contributed by atoms with van der Waals surface area (Å²) in [7, 11) is 0. The molecule has 1 saturated carbocycles. The van der Waals surface area contributed by atoms with Crippen molar-refractivity contribution in [2.45, 2.75) is 25.0 Å². The van der Waals surface area contributed by atoms with E-state index in [1.165, 1.54) is 0 Å². The quantitative estimate of drug-likeness (QED) is 0.870. The second-order valence-corrected chi connectivity index (χ2v) is 6.30. The second-order valence-electron chi connectivity index (χ2n) is 6.30. The summed E-state index contributed by atoms with van der Waals surface area (Å²) in [6, 6.07) is 9.70. The van der Waals surface area contributed by atoms with Gasteiger partial charge in [-0.05, 0) is 42.0 Å². The molecule has 2 aliphatic rings. The standard InChI is InChI=1S/C16H19N3O3/c20-13-6-11-8-19(9-12(11)7-14(13)21)16-17-15(22-18-16)10-4-2-1-3-5-10/h1-5,11-14,20-21H,6-9H2/t11-,12+,13-,14-/m1/s1. The highest BCUT2D eigenvalue weighted by atomic mass is 16.5. The molecule has 116 valence electrons. The van der Waals surface area contributed by atoms with Crippen LogP contribution in [-0.4, -0.2) is 45.7 Å². The zero-order valence-electron chi connectivity index (χ0n) is 12.2. The molecule has 2 N–H and O–H groups in total. The zero-order valence-corrected chi connectivity index (χ0v) is 12.2. The van der Waals surface area contributed by atoms with Gasteiger partial charge in [-0.3, -0.25) is 0 Å². The number of anilines is 1. The number of benzene rings is 1. The van der Waals surface area contributed by atoms with Crippen molar-refractivity contribution in [1.82, 2.24) is 10.1 Å². The van der Waals surface area contributed by atoms with Gasteiger partial charge in [0.15, 0.2) is 0 Å². The van der Waals surface area contributed by atoms with Gasteiger partial charge in [0.05, 0.1) is 12.2 Å². The Labute approximate surface area is 128 Å². The van der Waals surface area contributed by atoms with Crippen LogP contribution < -0.4 is 4.90 Å². The summed E-state index contributed by atoms with van der Waals surface area (Å²) in [5, 5.41) is 23.7. The van der Waals surface area contributed by atoms with Crippen molar-refractivity contribution >= 4 is 5.95 Å². The first kappa shape index (κ1) is 13.7. The van der Waals surface area contributed by atoms with E-state index >= 15 is 0 Å². The highest BCUT2D eigenvalue weighted by Gasteiger charge is 2.42. The Kier molecular flexibility index (Phi) is 3.35. The van der Waals surface area contributed by atoms with Gasteiger partial charge in [-0.15, -0.1) is 0 Å². The van der Waals surface area contributed by atoms with E-state index in [9.17, 15) is 10.2 Å². The Bertz CT molecular complexity index is 627. The lowest BCUT2D eigenvalue weighted by Gasteiger charge is -2.31. The molecule has 4 rings (SSSR count). The minimum atomic E-state index is -0.605. The summed E-state index contributed by atoms with van der Waals surface area (Å²) in [5.74, 6) is 1.89. The maximum Gasteiger partial charge on any atom is 0.266 e. The molecule has 2 aromatic rings. The second kappa shape index (κ2) is 5.37. The van der Waals surface area contributed by atoms with Gasteiger partial charge in [-0.2, -0.15) is 4.98 Å². The Morgan fingerprint density at radius 1 is 1.00 bits per heavy atom. The highest BCUT2D eigenvalue weighted by Crippen LogP contribution is 2.38. The van der Waals surface area contributed by atoms with Crippen LogP contribution in [0.5, 0.6) is 0 Å². The monoisotopic (exact) mass is 301 g/mol. The van der Waals surface area contributed by atoms with Gasteiger partial charge in [0, 0.05) is 18.7 Å².